The molecular weight excluding hydrogens is 255 g/mol. The summed E-state index contributed by atoms with van der Waals surface area (Å²) in [6, 6.07) is 2.76. The number of hydrogen-bond acceptors (Lipinski definition) is 3. The molecule has 0 aromatic heterocycles. The summed E-state index contributed by atoms with van der Waals surface area (Å²) in [4.78, 5) is 20.3. The molecule has 0 radical (unpaired) electrons. The summed E-state index contributed by atoms with van der Waals surface area (Å²) in [5.74, 6) is -1.35. The van der Waals surface area contributed by atoms with Gasteiger partial charge in [0.1, 0.15) is 0 Å². The van der Waals surface area contributed by atoms with Crippen LogP contribution in [0.1, 0.15) is 11.1 Å². The summed E-state index contributed by atoms with van der Waals surface area (Å²) >= 11 is 0. The Balaban J connectivity index is 3.12. The SMILES string of the molecule is O=C(O)Cc1cc(CC(F)(F)F)ccc1[N+](=O)[O-]. The van der Waals surface area contributed by atoms with Crippen molar-refractivity contribution >= 4 is 11.7 Å². The summed E-state index contributed by atoms with van der Waals surface area (Å²) in [5.41, 5.74) is -0.943. The van der Waals surface area contributed by atoms with Crippen LogP contribution in [0.5, 0.6) is 0 Å². The first-order valence-electron chi connectivity index (χ1n) is 4.74. The number of hydrogen-bond donors (Lipinski definition) is 1. The smallest absolute Gasteiger partial charge is 0.393 e. The van der Waals surface area contributed by atoms with Crippen molar-refractivity contribution in [1.29, 1.82) is 0 Å². The van der Waals surface area contributed by atoms with Crippen LogP contribution < -0.4 is 0 Å². The van der Waals surface area contributed by atoms with Gasteiger partial charge in [0, 0.05) is 11.6 Å². The zero-order chi connectivity index (χ0) is 13.9. The van der Waals surface area contributed by atoms with Crippen LogP contribution in [0.2, 0.25) is 0 Å². The summed E-state index contributed by atoms with van der Waals surface area (Å²) in [6.07, 6.45) is -6.39. The van der Waals surface area contributed by atoms with Crippen LogP contribution >= 0.6 is 0 Å². The van der Waals surface area contributed by atoms with E-state index in [1.165, 1.54) is 0 Å². The van der Waals surface area contributed by atoms with E-state index in [1.807, 2.05) is 0 Å². The third-order valence-corrected chi connectivity index (χ3v) is 2.09. The van der Waals surface area contributed by atoms with Crippen LogP contribution in [0, 0.1) is 10.1 Å². The van der Waals surface area contributed by atoms with E-state index in [2.05, 4.69) is 0 Å². The molecule has 1 aromatic rings. The van der Waals surface area contributed by atoms with E-state index in [0.29, 0.717) is 0 Å². The second-order valence-electron chi connectivity index (χ2n) is 3.58. The summed E-state index contributed by atoms with van der Waals surface area (Å²) in [7, 11) is 0. The molecule has 1 aromatic carbocycles. The van der Waals surface area contributed by atoms with Crippen molar-refractivity contribution in [1.82, 2.24) is 0 Å². The minimum Gasteiger partial charge on any atom is -0.481 e. The minimum absolute atomic E-state index is 0.204. The number of carbonyl (C=O) groups is 1. The van der Waals surface area contributed by atoms with Gasteiger partial charge in [0.05, 0.1) is 17.8 Å². The van der Waals surface area contributed by atoms with Crippen molar-refractivity contribution in [2.24, 2.45) is 0 Å². The fraction of sp³-hybridized carbons (Fsp3) is 0.300. The molecule has 0 heterocycles. The normalized spacial score (nSPS) is 11.3. The summed E-state index contributed by atoms with van der Waals surface area (Å²) in [5, 5.41) is 19.1. The number of alkyl halides is 3. The van der Waals surface area contributed by atoms with E-state index >= 15 is 0 Å². The fourth-order valence-electron chi connectivity index (χ4n) is 1.46. The highest BCUT2D eigenvalue weighted by molar-refractivity contribution is 5.72. The molecule has 1 rings (SSSR count). The van der Waals surface area contributed by atoms with Gasteiger partial charge in [-0.25, -0.2) is 0 Å². The number of aliphatic carboxylic acids is 1. The molecule has 0 aliphatic rings. The Morgan fingerprint density at radius 1 is 1.39 bits per heavy atom. The lowest BCUT2D eigenvalue weighted by atomic mass is 10.0. The number of rotatable bonds is 4. The Kier molecular flexibility index (Phi) is 3.89. The number of halogens is 3. The Hall–Kier alpha value is -2.12. The van der Waals surface area contributed by atoms with Crippen LogP contribution in [0.4, 0.5) is 18.9 Å². The molecule has 0 aliphatic carbocycles. The molecule has 18 heavy (non-hydrogen) atoms. The molecular formula is C10H8F3NO4. The number of carboxylic acids is 1. The van der Waals surface area contributed by atoms with Gasteiger partial charge in [-0.05, 0) is 11.6 Å². The Bertz CT molecular complexity index is 485. The van der Waals surface area contributed by atoms with Gasteiger partial charge in [-0.15, -0.1) is 0 Å². The van der Waals surface area contributed by atoms with Gasteiger partial charge in [0.15, 0.2) is 0 Å². The quantitative estimate of drug-likeness (QED) is 0.667. The Morgan fingerprint density at radius 2 is 2.00 bits per heavy atom. The highest BCUT2D eigenvalue weighted by Crippen LogP contribution is 2.26. The molecule has 0 fully saturated rings. The molecule has 0 unspecified atom stereocenters. The van der Waals surface area contributed by atoms with E-state index in [-0.39, 0.29) is 11.1 Å². The lowest BCUT2D eigenvalue weighted by Gasteiger charge is -2.08. The monoisotopic (exact) mass is 263 g/mol. The van der Waals surface area contributed by atoms with Crippen molar-refractivity contribution in [3.05, 3.63) is 39.4 Å². The van der Waals surface area contributed by atoms with Gasteiger partial charge in [-0.3, -0.25) is 14.9 Å². The van der Waals surface area contributed by atoms with Crippen molar-refractivity contribution < 1.29 is 28.0 Å². The molecule has 5 nitrogen and oxygen atoms in total. The van der Waals surface area contributed by atoms with E-state index in [4.69, 9.17) is 5.11 Å². The van der Waals surface area contributed by atoms with E-state index < -0.39 is 35.6 Å². The van der Waals surface area contributed by atoms with Crippen LogP contribution in [0.15, 0.2) is 18.2 Å². The third-order valence-electron chi connectivity index (χ3n) is 2.09. The Morgan fingerprint density at radius 3 is 2.44 bits per heavy atom. The van der Waals surface area contributed by atoms with Gasteiger partial charge < -0.3 is 5.11 Å². The fourth-order valence-corrected chi connectivity index (χ4v) is 1.46. The third kappa shape index (κ3) is 4.04. The molecule has 0 saturated heterocycles. The average Bonchev–Trinajstić information content (AvgIpc) is 2.13. The maximum Gasteiger partial charge on any atom is 0.393 e. The van der Waals surface area contributed by atoms with Gasteiger partial charge in [-0.1, -0.05) is 6.07 Å². The maximum atomic E-state index is 12.1. The lowest BCUT2D eigenvalue weighted by Crippen LogP contribution is -2.12. The highest BCUT2D eigenvalue weighted by Gasteiger charge is 2.28. The molecule has 0 amide bonds. The van der Waals surface area contributed by atoms with E-state index in [1.54, 1.807) is 0 Å². The number of nitro benzene ring substituents is 1. The average molecular weight is 263 g/mol. The number of nitro groups is 1. The molecule has 98 valence electrons. The zero-order valence-electron chi connectivity index (χ0n) is 8.90. The Labute approximate surface area is 99.0 Å². The molecule has 0 aliphatic heterocycles. The second kappa shape index (κ2) is 5.03. The van der Waals surface area contributed by atoms with Gasteiger partial charge in [0.25, 0.3) is 5.69 Å². The molecule has 0 saturated carbocycles. The largest absolute Gasteiger partial charge is 0.481 e. The van der Waals surface area contributed by atoms with Gasteiger partial charge in [0.2, 0.25) is 0 Å². The maximum absolute atomic E-state index is 12.1. The van der Waals surface area contributed by atoms with Crippen molar-refractivity contribution in [2.75, 3.05) is 0 Å². The molecule has 8 heteroatoms. The van der Waals surface area contributed by atoms with E-state index in [0.717, 1.165) is 18.2 Å². The minimum atomic E-state index is -4.45. The first-order chi connectivity index (χ1) is 8.19. The summed E-state index contributed by atoms with van der Waals surface area (Å²) < 4.78 is 36.4. The lowest BCUT2D eigenvalue weighted by molar-refractivity contribution is -0.385. The zero-order valence-corrected chi connectivity index (χ0v) is 8.90. The van der Waals surface area contributed by atoms with Crippen molar-refractivity contribution in [2.45, 2.75) is 19.0 Å². The molecule has 0 atom stereocenters. The number of carboxylic acid groups (broad SMARTS) is 1. The van der Waals surface area contributed by atoms with Gasteiger partial charge >= 0.3 is 12.1 Å². The van der Waals surface area contributed by atoms with Crippen LogP contribution in [-0.4, -0.2) is 22.2 Å². The summed E-state index contributed by atoms with van der Waals surface area (Å²) in [6.45, 7) is 0. The molecule has 1 N–H and O–H groups in total. The van der Waals surface area contributed by atoms with Crippen LogP contribution in [-0.2, 0) is 17.6 Å². The molecule has 0 bridgehead atoms. The second-order valence-corrected chi connectivity index (χ2v) is 3.58. The first-order valence-corrected chi connectivity index (χ1v) is 4.74. The van der Waals surface area contributed by atoms with Crippen molar-refractivity contribution in [3.63, 3.8) is 0 Å². The standard InChI is InChI=1S/C10H8F3NO4/c11-10(12,13)5-6-1-2-8(14(17)18)7(3-6)4-9(15)16/h1-3H,4-5H2,(H,15,16). The topological polar surface area (TPSA) is 80.4 Å². The predicted octanol–water partition coefficient (Wildman–Crippen LogP) is 2.33. The van der Waals surface area contributed by atoms with Crippen molar-refractivity contribution in [3.8, 4) is 0 Å². The van der Waals surface area contributed by atoms with Crippen LogP contribution in [0.3, 0.4) is 0 Å². The first kappa shape index (κ1) is 13.9. The van der Waals surface area contributed by atoms with Gasteiger partial charge in [-0.2, -0.15) is 13.2 Å². The molecule has 0 spiro atoms. The number of benzene rings is 1. The number of nitrogens with zero attached hydrogens (tertiary/aromatic N) is 1. The van der Waals surface area contributed by atoms with E-state index in [9.17, 15) is 28.1 Å². The highest BCUT2D eigenvalue weighted by atomic mass is 19.4. The van der Waals surface area contributed by atoms with Crippen LogP contribution in [0.25, 0.3) is 0 Å². The predicted molar refractivity (Wildman–Crippen MR) is 54.2 cm³/mol.